The summed E-state index contributed by atoms with van der Waals surface area (Å²) in [6.07, 6.45) is 0.981. The molecule has 144 valence electrons. The van der Waals surface area contributed by atoms with Gasteiger partial charge in [0.2, 0.25) is 0 Å². The molecule has 3 rings (SSSR count). The lowest BCUT2D eigenvalue weighted by molar-refractivity contribution is 0.0601. The fourth-order valence-corrected chi connectivity index (χ4v) is 2.65. The Labute approximate surface area is 165 Å². The van der Waals surface area contributed by atoms with Gasteiger partial charge in [0.25, 0.3) is 0 Å². The number of nitrogens with zero attached hydrogens (tertiary/aromatic N) is 2. The van der Waals surface area contributed by atoms with Gasteiger partial charge in [-0.25, -0.2) is 14.8 Å². The third-order valence-corrected chi connectivity index (χ3v) is 4.32. The number of rotatable bonds is 7. The van der Waals surface area contributed by atoms with Gasteiger partial charge in [0.1, 0.15) is 11.6 Å². The van der Waals surface area contributed by atoms with Crippen LogP contribution in [0.3, 0.4) is 0 Å². The van der Waals surface area contributed by atoms with Crippen LogP contribution in [0.4, 0.5) is 17.3 Å². The van der Waals surface area contributed by atoms with Gasteiger partial charge in [0, 0.05) is 23.4 Å². The number of ether oxygens (including phenoxy) is 1. The van der Waals surface area contributed by atoms with E-state index < -0.39 is 0 Å². The van der Waals surface area contributed by atoms with Gasteiger partial charge >= 0.3 is 5.97 Å². The van der Waals surface area contributed by atoms with E-state index in [0.29, 0.717) is 17.2 Å². The summed E-state index contributed by atoms with van der Waals surface area (Å²) in [5, 5.41) is 6.67. The van der Waals surface area contributed by atoms with E-state index in [2.05, 4.69) is 34.4 Å². The van der Waals surface area contributed by atoms with E-state index in [1.54, 1.807) is 18.2 Å². The Hall–Kier alpha value is -3.41. The molecule has 0 bridgehead atoms. The lowest BCUT2D eigenvalue weighted by Gasteiger charge is -2.15. The van der Waals surface area contributed by atoms with Crippen molar-refractivity contribution in [3.8, 4) is 11.4 Å². The van der Waals surface area contributed by atoms with Gasteiger partial charge < -0.3 is 15.4 Å². The highest BCUT2D eigenvalue weighted by molar-refractivity contribution is 5.90. The van der Waals surface area contributed by atoms with Crippen molar-refractivity contribution in [1.82, 2.24) is 9.97 Å². The molecule has 0 aliphatic rings. The van der Waals surface area contributed by atoms with Crippen LogP contribution < -0.4 is 10.6 Å². The van der Waals surface area contributed by atoms with Crippen molar-refractivity contribution in [3.63, 3.8) is 0 Å². The van der Waals surface area contributed by atoms with Crippen LogP contribution in [-0.4, -0.2) is 29.1 Å². The maximum absolute atomic E-state index is 11.8. The first kappa shape index (κ1) is 19.4. The number of nitrogens with one attached hydrogen (secondary N) is 2. The minimum atomic E-state index is -0.379. The molecular weight excluding hydrogens is 352 g/mol. The summed E-state index contributed by atoms with van der Waals surface area (Å²) < 4.78 is 4.79. The largest absolute Gasteiger partial charge is 0.465 e. The molecule has 1 aromatic heterocycles. The molecule has 0 fully saturated rings. The molecule has 0 amide bonds. The van der Waals surface area contributed by atoms with Crippen molar-refractivity contribution in [2.24, 2.45) is 0 Å². The normalized spacial score (nSPS) is 11.5. The highest BCUT2D eigenvalue weighted by Crippen LogP contribution is 2.24. The number of benzene rings is 2. The second kappa shape index (κ2) is 8.99. The molecule has 0 saturated heterocycles. The summed E-state index contributed by atoms with van der Waals surface area (Å²) >= 11 is 0. The van der Waals surface area contributed by atoms with Crippen LogP contribution in [0.25, 0.3) is 11.4 Å². The monoisotopic (exact) mass is 376 g/mol. The van der Waals surface area contributed by atoms with E-state index >= 15 is 0 Å². The first-order valence-corrected chi connectivity index (χ1v) is 9.25. The maximum Gasteiger partial charge on any atom is 0.337 e. The van der Waals surface area contributed by atoms with Gasteiger partial charge in [-0.1, -0.05) is 43.3 Å². The van der Waals surface area contributed by atoms with Gasteiger partial charge in [-0.15, -0.1) is 0 Å². The molecule has 1 heterocycles. The third kappa shape index (κ3) is 4.85. The first-order valence-electron chi connectivity index (χ1n) is 9.25. The van der Waals surface area contributed by atoms with Crippen LogP contribution in [0.5, 0.6) is 0 Å². The quantitative estimate of drug-likeness (QED) is 0.572. The van der Waals surface area contributed by atoms with Crippen molar-refractivity contribution in [3.05, 3.63) is 66.2 Å². The summed E-state index contributed by atoms with van der Waals surface area (Å²) in [6, 6.07) is 19.1. The number of carbonyl (C=O) groups excluding carboxylic acids is 1. The Morgan fingerprint density at radius 2 is 1.79 bits per heavy atom. The van der Waals surface area contributed by atoms with E-state index in [1.807, 2.05) is 42.5 Å². The fraction of sp³-hybridized carbons (Fsp3) is 0.227. The molecular formula is C22H24N4O2. The van der Waals surface area contributed by atoms with Crippen molar-refractivity contribution >= 4 is 23.3 Å². The van der Waals surface area contributed by atoms with E-state index in [4.69, 9.17) is 4.74 Å². The minimum absolute atomic E-state index is 0.286. The predicted molar refractivity (Wildman–Crippen MR) is 112 cm³/mol. The second-order valence-electron chi connectivity index (χ2n) is 6.48. The van der Waals surface area contributed by atoms with Crippen molar-refractivity contribution in [1.29, 1.82) is 0 Å². The van der Waals surface area contributed by atoms with Crippen LogP contribution in [0.1, 0.15) is 30.6 Å². The molecule has 28 heavy (non-hydrogen) atoms. The zero-order valence-electron chi connectivity index (χ0n) is 16.3. The van der Waals surface area contributed by atoms with Crippen molar-refractivity contribution in [2.75, 3.05) is 17.7 Å². The van der Waals surface area contributed by atoms with Crippen LogP contribution in [0.2, 0.25) is 0 Å². The highest BCUT2D eigenvalue weighted by atomic mass is 16.5. The summed E-state index contributed by atoms with van der Waals surface area (Å²) in [5.74, 6) is 1.63. The van der Waals surface area contributed by atoms with Crippen LogP contribution >= 0.6 is 0 Å². The molecule has 1 atom stereocenters. The van der Waals surface area contributed by atoms with Crippen LogP contribution in [0.15, 0.2) is 60.7 Å². The van der Waals surface area contributed by atoms with Gasteiger partial charge in [0.05, 0.1) is 12.7 Å². The number of hydrogen-bond acceptors (Lipinski definition) is 6. The lowest BCUT2D eigenvalue weighted by Crippen LogP contribution is -2.15. The highest BCUT2D eigenvalue weighted by Gasteiger charge is 2.10. The maximum atomic E-state index is 11.8. The second-order valence-corrected chi connectivity index (χ2v) is 6.48. The number of aromatic nitrogens is 2. The smallest absolute Gasteiger partial charge is 0.337 e. The van der Waals surface area contributed by atoms with E-state index in [0.717, 1.165) is 23.5 Å². The Kier molecular flexibility index (Phi) is 6.22. The minimum Gasteiger partial charge on any atom is -0.465 e. The summed E-state index contributed by atoms with van der Waals surface area (Å²) in [7, 11) is 1.37. The average Bonchev–Trinajstić information content (AvgIpc) is 2.73. The zero-order valence-corrected chi connectivity index (χ0v) is 16.3. The number of esters is 1. The zero-order chi connectivity index (χ0) is 19.9. The third-order valence-electron chi connectivity index (χ3n) is 4.32. The van der Waals surface area contributed by atoms with Gasteiger partial charge in [0.15, 0.2) is 5.82 Å². The molecule has 0 radical (unpaired) electrons. The first-order chi connectivity index (χ1) is 13.6. The molecule has 3 aromatic rings. The number of methoxy groups -OCH3 is 1. The molecule has 0 spiro atoms. The van der Waals surface area contributed by atoms with Crippen LogP contribution in [0, 0.1) is 0 Å². The number of hydrogen-bond donors (Lipinski definition) is 2. The number of anilines is 3. The van der Waals surface area contributed by atoms with Crippen LogP contribution in [-0.2, 0) is 4.74 Å². The molecule has 1 unspecified atom stereocenters. The van der Waals surface area contributed by atoms with E-state index in [1.165, 1.54) is 7.11 Å². The topological polar surface area (TPSA) is 76.1 Å². The standard InChI is InChI=1S/C22H24N4O2/c1-4-15(2)23-19-14-20(26-21(25-19)16-9-6-5-7-10-16)24-18-12-8-11-17(13-18)22(27)28-3/h5-15H,4H2,1-3H3,(H2,23,24,25,26). The summed E-state index contributed by atoms with van der Waals surface area (Å²) in [5.41, 5.74) is 2.15. The Morgan fingerprint density at radius 1 is 1.04 bits per heavy atom. The summed E-state index contributed by atoms with van der Waals surface area (Å²) in [6.45, 7) is 4.23. The molecule has 0 saturated carbocycles. The Balaban J connectivity index is 1.95. The molecule has 2 aromatic carbocycles. The average molecular weight is 376 g/mol. The van der Waals surface area contributed by atoms with Gasteiger partial charge in [-0.3, -0.25) is 0 Å². The van der Waals surface area contributed by atoms with Crippen molar-refractivity contribution in [2.45, 2.75) is 26.3 Å². The Bertz CT molecular complexity index is 944. The Morgan fingerprint density at radius 3 is 2.50 bits per heavy atom. The fourth-order valence-electron chi connectivity index (χ4n) is 2.65. The molecule has 0 aliphatic carbocycles. The predicted octanol–water partition coefficient (Wildman–Crippen LogP) is 4.88. The van der Waals surface area contributed by atoms with E-state index in [9.17, 15) is 4.79 Å². The van der Waals surface area contributed by atoms with Crippen molar-refractivity contribution < 1.29 is 9.53 Å². The van der Waals surface area contributed by atoms with E-state index in [-0.39, 0.29) is 12.0 Å². The van der Waals surface area contributed by atoms with Gasteiger partial charge in [-0.2, -0.15) is 0 Å². The molecule has 6 nitrogen and oxygen atoms in total. The lowest BCUT2D eigenvalue weighted by atomic mass is 10.2. The molecule has 6 heteroatoms. The molecule has 0 aliphatic heterocycles. The SMILES string of the molecule is CCC(C)Nc1cc(Nc2cccc(C(=O)OC)c2)nc(-c2ccccc2)n1. The number of carbonyl (C=O) groups is 1. The molecule has 2 N–H and O–H groups in total. The summed E-state index contributed by atoms with van der Waals surface area (Å²) in [4.78, 5) is 21.1. The van der Waals surface area contributed by atoms with Gasteiger partial charge in [-0.05, 0) is 31.5 Å².